The highest BCUT2D eigenvalue weighted by Crippen LogP contribution is 2.24. The minimum Gasteiger partial charge on any atom is -0.478 e. The monoisotopic (exact) mass is 293 g/mol. The van der Waals surface area contributed by atoms with Crippen LogP contribution in [0.15, 0.2) is 18.2 Å². The lowest BCUT2D eigenvalue weighted by Gasteiger charge is -2.15. The van der Waals surface area contributed by atoms with E-state index in [9.17, 15) is 14.9 Å². The van der Waals surface area contributed by atoms with E-state index in [1.54, 1.807) is 0 Å². The summed E-state index contributed by atoms with van der Waals surface area (Å²) in [4.78, 5) is 23.8. The van der Waals surface area contributed by atoms with Crippen LogP contribution >= 0.6 is 0 Å². The third-order valence-corrected chi connectivity index (χ3v) is 3.84. The molecule has 0 aliphatic carbocycles. The number of nitrogens with one attached hydrogen (secondary N) is 1. The van der Waals surface area contributed by atoms with Crippen molar-refractivity contribution in [3.63, 3.8) is 0 Å². The van der Waals surface area contributed by atoms with E-state index in [-0.39, 0.29) is 11.3 Å². The topological polar surface area (TPSA) is 95.7 Å². The van der Waals surface area contributed by atoms with Gasteiger partial charge in [0.2, 0.25) is 0 Å². The Balaban J connectivity index is 2.08. The number of carboxylic acid groups (broad SMARTS) is 1. The Kier molecular flexibility index (Phi) is 4.74. The Morgan fingerprint density at radius 2 is 2.33 bits per heavy atom. The number of non-ortho nitro benzene ring substituents is 1. The van der Waals surface area contributed by atoms with Crippen LogP contribution in [0.1, 0.15) is 23.7 Å². The zero-order valence-electron chi connectivity index (χ0n) is 11.9. The van der Waals surface area contributed by atoms with Gasteiger partial charge in [-0.25, -0.2) is 4.79 Å². The summed E-state index contributed by atoms with van der Waals surface area (Å²) in [5.74, 6) is -0.653. The van der Waals surface area contributed by atoms with Crippen LogP contribution in [0, 0.1) is 16.0 Å². The van der Waals surface area contributed by atoms with Gasteiger partial charge in [0.25, 0.3) is 5.69 Å². The predicted molar refractivity (Wildman–Crippen MR) is 78.8 cm³/mol. The highest BCUT2D eigenvalue weighted by Gasteiger charge is 2.22. The first-order valence-electron chi connectivity index (χ1n) is 6.99. The van der Waals surface area contributed by atoms with Gasteiger partial charge in [0.05, 0.1) is 16.2 Å². The van der Waals surface area contributed by atoms with Crippen molar-refractivity contribution in [2.75, 3.05) is 31.5 Å². The molecule has 0 spiro atoms. The quantitative estimate of drug-likeness (QED) is 0.615. The first-order valence-corrected chi connectivity index (χ1v) is 6.99. The number of nitro groups is 1. The number of anilines is 1. The molecule has 114 valence electrons. The van der Waals surface area contributed by atoms with Crippen molar-refractivity contribution in [2.45, 2.75) is 13.3 Å². The first-order chi connectivity index (χ1) is 10.0. The van der Waals surface area contributed by atoms with Crippen molar-refractivity contribution >= 4 is 17.3 Å². The maximum Gasteiger partial charge on any atom is 0.337 e. The van der Waals surface area contributed by atoms with Crippen molar-refractivity contribution in [2.24, 2.45) is 5.92 Å². The Bertz CT molecular complexity index is 547. The Hall–Kier alpha value is -2.15. The Labute approximate surface area is 122 Å². The second-order valence-electron chi connectivity index (χ2n) is 5.22. The molecule has 1 unspecified atom stereocenters. The van der Waals surface area contributed by atoms with E-state index < -0.39 is 10.9 Å². The van der Waals surface area contributed by atoms with E-state index in [1.807, 2.05) is 0 Å². The molecule has 1 aliphatic rings. The number of likely N-dealkylation sites (tertiary alicyclic amines) is 1. The molecular formula is C14H19N3O4. The van der Waals surface area contributed by atoms with Crippen LogP contribution in [-0.2, 0) is 0 Å². The molecule has 7 heteroatoms. The van der Waals surface area contributed by atoms with E-state index in [0.29, 0.717) is 18.2 Å². The van der Waals surface area contributed by atoms with Crippen LogP contribution in [0.4, 0.5) is 11.4 Å². The van der Waals surface area contributed by atoms with Gasteiger partial charge in [0.1, 0.15) is 0 Å². The summed E-state index contributed by atoms with van der Waals surface area (Å²) in [5, 5.41) is 23.0. The summed E-state index contributed by atoms with van der Waals surface area (Å²) in [7, 11) is 0. The van der Waals surface area contributed by atoms with Crippen molar-refractivity contribution in [3.05, 3.63) is 33.9 Å². The predicted octanol–water partition coefficient (Wildman–Crippen LogP) is 2.05. The van der Waals surface area contributed by atoms with Crippen molar-refractivity contribution in [1.29, 1.82) is 0 Å². The van der Waals surface area contributed by atoms with Gasteiger partial charge in [-0.15, -0.1) is 0 Å². The Morgan fingerprint density at radius 1 is 1.57 bits per heavy atom. The Morgan fingerprint density at radius 3 is 2.90 bits per heavy atom. The second-order valence-corrected chi connectivity index (χ2v) is 5.22. The number of hydrogen-bond acceptors (Lipinski definition) is 5. The maximum atomic E-state index is 11.2. The van der Waals surface area contributed by atoms with Crippen LogP contribution in [0.25, 0.3) is 0 Å². The number of carbonyl (C=O) groups is 1. The standard InChI is InChI=1S/C14H19N3O4/c1-2-16-6-5-10(9-16)8-15-13-7-11(17(20)21)3-4-12(13)14(18)19/h3-4,7,10,15H,2,5-6,8-9H2,1H3,(H,18,19). The van der Waals surface area contributed by atoms with Crippen LogP contribution in [-0.4, -0.2) is 47.1 Å². The molecule has 0 aromatic heterocycles. The first kappa shape index (κ1) is 15.2. The van der Waals surface area contributed by atoms with E-state index in [1.165, 1.54) is 18.2 Å². The minimum atomic E-state index is -1.09. The summed E-state index contributed by atoms with van der Waals surface area (Å²) >= 11 is 0. The SMILES string of the molecule is CCN1CCC(CNc2cc([N+](=O)[O-])ccc2C(=O)O)C1. The number of aromatic carboxylic acids is 1. The van der Waals surface area contributed by atoms with Gasteiger partial charge in [0.15, 0.2) is 0 Å². The summed E-state index contributed by atoms with van der Waals surface area (Å²) in [6.45, 7) is 5.76. The van der Waals surface area contributed by atoms with E-state index >= 15 is 0 Å². The summed E-state index contributed by atoms with van der Waals surface area (Å²) < 4.78 is 0. The van der Waals surface area contributed by atoms with Crippen molar-refractivity contribution in [3.8, 4) is 0 Å². The summed E-state index contributed by atoms with van der Waals surface area (Å²) in [6.07, 6.45) is 1.05. The molecule has 1 saturated heterocycles. The summed E-state index contributed by atoms with van der Waals surface area (Å²) in [6, 6.07) is 3.77. The summed E-state index contributed by atoms with van der Waals surface area (Å²) in [5.41, 5.74) is 0.265. The number of carboxylic acids is 1. The molecule has 0 amide bonds. The van der Waals surface area contributed by atoms with Gasteiger partial charge in [-0.3, -0.25) is 10.1 Å². The molecule has 1 fully saturated rings. The van der Waals surface area contributed by atoms with Gasteiger partial charge >= 0.3 is 5.97 Å². The largest absolute Gasteiger partial charge is 0.478 e. The number of nitrogens with zero attached hydrogens (tertiary/aromatic N) is 2. The minimum absolute atomic E-state index is 0.0611. The molecule has 0 radical (unpaired) electrons. The lowest BCUT2D eigenvalue weighted by Crippen LogP contribution is -2.23. The zero-order valence-corrected chi connectivity index (χ0v) is 11.9. The van der Waals surface area contributed by atoms with Gasteiger partial charge < -0.3 is 15.3 Å². The lowest BCUT2D eigenvalue weighted by atomic mass is 10.1. The van der Waals surface area contributed by atoms with Crippen LogP contribution < -0.4 is 5.32 Å². The van der Waals surface area contributed by atoms with Gasteiger partial charge in [-0.2, -0.15) is 0 Å². The van der Waals surface area contributed by atoms with Crippen LogP contribution in [0.3, 0.4) is 0 Å². The van der Waals surface area contributed by atoms with Crippen molar-refractivity contribution < 1.29 is 14.8 Å². The molecule has 1 atom stereocenters. The molecule has 0 saturated carbocycles. The molecule has 21 heavy (non-hydrogen) atoms. The highest BCUT2D eigenvalue weighted by atomic mass is 16.6. The molecule has 1 aliphatic heterocycles. The lowest BCUT2D eigenvalue weighted by molar-refractivity contribution is -0.384. The van der Waals surface area contributed by atoms with E-state index in [0.717, 1.165) is 26.1 Å². The smallest absolute Gasteiger partial charge is 0.337 e. The average Bonchev–Trinajstić information content (AvgIpc) is 2.92. The van der Waals surface area contributed by atoms with E-state index in [4.69, 9.17) is 5.11 Å². The molecule has 1 aromatic rings. The third-order valence-electron chi connectivity index (χ3n) is 3.84. The van der Waals surface area contributed by atoms with Crippen molar-refractivity contribution in [1.82, 2.24) is 4.90 Å². The van der Waals surface area contributed by atoms with Crippen LogP contribution in [0.5, 0.6) is 0 Å². The average molecular weight is 293 g/mol. The van der Waals surface area contributed by atoms with Gasteiger partial charge in [0, 0.05) is 25.2 Å². The van der Waals surface area contributed by atoms with Gasteiger partial charge in [-0.1, -0.05) is 6.92 Å². The third kappa shape index (κ3) is 3.69. The molecule has 1 heterocycles. The fourth-order valence-electron chi connectivity index (χ4n) is 2.60. The van der Waals surface area contributed by atoms with E-state index in [2.05, 4.69) is 17.1 Å². The number of hydrogen-bond donors (Lipinski definition) is 2. The number of nitro benzene ring substituents is 1. The molecule has 1 aromatic carbocycles. The fourth-order valence-corrected chi connectivity index (χ4v) is 2.60. The maximum absolute atomic E-state index is 11.2. The second kappa shape index (κ2) is 6.53. The van der Waals surface area contributed by atoms with Crippen LogP contribution in [0.2, 0.25) is 0 Å². The highest BCUT2D eigenvalue weighted by molar-refractivity contribution is 5.94. The number of benzene rings is 1. The number of rotatable bonds is 6. The molecule has 2 N–H and O–H groups in total. The molecule has 2 rings (SSSR count). The normalized spacial score (nSPS) is 18.6. The molecule has 0 bridgehead atoms. The molecule has 7 nitrogen and oxygen atoms in total. The zero-order chi connectivity index (χ0) is 15.4. The van der Waals surface area contributed by atoms with Gasteiger partial charge in [-0.05, 0) is 31.5 Å². The molecular weight excluding hydrogens is 274 g/mol. The fraction of sp³-hybridized carbons (Fsp3) is 0.500.